The number of aryl methyl sites for hydroxylation is 1. The van der Waals surface area contributed by atoms with Gasteiger partial charge in [-0.15, -0.1) is 11.3 Å². The predicted molar refractivity (Wildman–Crippen MR) is 106 cm³/mol. The van der Waals surface area contributed by atoms with Crippen molar-refractivity contribution in [3.05, 3.63) is 21.4 Å². The van der Waals surface area contributed by atoms with Crippen LogP contribution in [0.1, 0.15) is 60.1 Å². The average Bonchev–Trinajstić information content (AvgIpc) is 3.13. The first-order valence-electron chi connectivity index (χ1n) is 9.45. The smallest absolute Gasteiger partial charge is 0.273 e. The molecule has 6 nitrogen and oxygen atoms in total. The molecule has 0 radical (unpaired) electrons. The molecule has 0 bridgehead atoms. The number of carbonyl (C=O) groups is 2. The largest absolute Gasteiger partial charge is 0.279 e. The lowest BCUT2D eigenvalue weighted by Crippen LogP contribution is -2.42. The van der Waals surface area contributed by atoms with Gasteiger partial charge in [-0.3, -0.25) is 20.4 Å². The summed E-state index contributed by atoms with van der Waals surface area (Å²) in [6.07, 6.45) is 3.76. The van der Waals surface area contributed by atoms with Crippen molar-refractivity contribution in [3.8, 4) is 0 Å². The van der Waals surface area contributed by atoms with Gasteiger partial charge in [0.05, 0.1) is 16.4 Å². The molecule has 0 unspecified atom stereocenters. The molecule has 2 aliphatic rings. The molecule has 2 heterocycles. The first-order chi connectivity index (χ1) is 12.5. The SMILES string of the molecule is CC(C)(C)[C@H]1CCc2sc(C(=O)NNC(=O)C[C@@H]3CCS(=O)(=O)C3)cc2C1. The third-order valence-electron chi connectivity index (χ3n) is 5.65. The van der Waals surface area contributed by atoms with E-state index in [9.17, 15) is 18.0 Å². The molecule has 1 aliphatic carbocycles. The Morgan fingerprint density at radius 2 is 1.96 bits per heavy atom. The van der Waals surface area contributed by atoms with Crippen LogP contribution < -0.4 is 10.9 Å². The van der Waals surface area contributed by atoms with Crippen molar-refractivity contribution in [1.82, 2.24) is 10.9 Å². The highest BCUT2D eigenvalue weighted by Crippen LogP contribution is 2.40. The highest BCUT2D eigenvalue weighted by Gasteiger charge is 2.31. The summed E-state index contributed by atoms with van der Waals surface area (Å²) in [6.45, 7) is 6.77. The van der Waals surface area contributed by atoms with Crippen LogP contribution in [0.15, 0.2) is 6.07 Å². The molecule has 2 atom stereocenters. The van der Waals surface area contributed by atoms with Crippen LogP contribution in [0.3, 0.4) is 0 Å². The fourth-order valence-electron chi connectivity index (χ4n) is 3.91. The fraction of sp³-hybridized carbons (Fsp3) is 0.684. The number of rotatable bonds is 3. The Morgan fingerprint density at radius 1 is 1.22 bits per heavy atom. The molecule has 1 aromatic heterocycles. The second kappa shape index (κ2) is 7.54. The molecule has 1 aromatic rings. The van der Waals surface area contributed by atoms with Crippen LogP contribution in [0.25, 0.3) is 0 Å². The van der Waals surface area contributed by atoms with Crippen molar-refractivity contribution in [2.75, 3.05) is 11.5 Å². The van der Waals surface area contributed by atoms with E-state index in [4.69, 9.17) is 0 Å². The van der Waals surface area contributed by atoms with Gasteiger partial charge in [-0.05, 0) is 54.6 Å². The minimum atomic E-state index is -3.00. The number of hydrogen-bond acceptors (Lipinski definition) is 5. The lowest BCUT2D eigenvalue weighted by atomic mass is 9.72. The van der Waals surface area contributed by atoms with E-state index < -0.39 is 9.84 Å². The maximum atomic E-state index is 12.4. The van der Waals surface area contributed by atoms with Crippen LogP contribution in [-0.4, -0.2) is 31.7 Å². The molecule has 1 aliphatic heterocycles. The van der Waals surface area contributed by atoms with E-state index in [1.54, 1.807) is 0 Å². The van der Waals surface area contributed by atoms with Crippen molar-refractivity contribution in [2.45, 2.75) is 52.9 Å². The maximum absolute atomic E-state index is 12.4. The molecule has 2 N–H and O–H groups in total. The minimum Gasteiger partial charge on any atom is -0.273 e. The van der Waals surface area contributed by atoms with Gasteiger partial charge in [0.2, 0.25) is 5.91 Å². The average molecular weight is 413 g/mol. The van der Waals surface area contributed by atoms with Gasteiger partial charge in [-0.1, -0.05) is 20.8 Å². The zero-order valence-corrected chi connectivity index (χ0v) is 17.8. The van der Waals surface area contributed by atoms with Gasteiger partial charge >= 0.3 is 0 Å². The molecule has 0 spiro atoms. The Balaban J connectivity index is 1.52. The summed E-state index contributed by atoms with van der Waals surface area (Å²) in [4.78, 5) is 26.2. The zero-order chi connectivity index (χ0) is 19.8. The van der Waals surface area contributed by atoms with Crippen LogP contribution in [0.4, 0.5) is 0 Å². The van der Waals surface area contributed by atoms with E-state index in [0.29, 0.717) is 17.2 Å². The monoisotopic (exact) mass is 412 g/mol. The molecule has 3 rings (SSSR count). The first-order valence-corrected chi connectivity index (χ1v) is 12.1. The predicted octanol–water partition coefficient (Wildman–Crippen LogP) is 2.48. The molecule has 0 aromatic carbocycles. The Labute approximate surface area is 165 Å². The number of nitrogens with one attached hydrogen (secondary N) is 2. The first kappa shape index (κ1) is 20.3. The van der Waals surface area contributed by atoms with Gasteiger partial charge in [0.15, 0.2) is 9.84 Å². The van der Waals surface area contributed by atoms with Gasteiger partial charge in [0.1, 0.15) is 0 Å². The highest BCUT2D eigenvalue weighted by atomic mass is 32.2. The number of thiophene rings is 1. The Morgan fingerprint density at radius 3 is 2.59 bits per heavy atom. The lowest BCUT2D eigenvalue weighted by Gasteiger charge is -2.33. The van der Waals surface area contributed by atoms with Crippen molar-refractivity contribution in [2.24, 2.45) is 17.3 Å². The number of carbonyl (C=O) groups excluding carboxylic acids is 2. The van der Waals surface area contributed by atoms with Crippen LogP contribution >= 0.6 is 11.3 Å². The zero-order valence-electron chi connectivity index (χ0n) is 16.1. The number of fused-ring (bicyclic) bond motifs is 1. The topological polar surface area (TPSA) is 92.3 Å². The van der Waals surface area contributed by atoms with E-state index in [-0.39, 0.29) is 41.1 Å². The summed E-state index contributed by atoms with van der Waals surface area (Å²) in [7, 11) is -3.00. The second-order valence-electron chi connectivity index (χ2n) is 8.84. The fourth-order valence-corrected chi connectivity index (χ4v) is 6.87. The standard InChI is InChI=1S/C19H28N2O4S2/c1-19(2,3)14-4-5-15-13(9-14)10-16(26-15)18(23)21-20-17(22)8-12-6-7-27(24,25)11-12/h10,12,14H,4-9,11H2,1-3H3,(H,20,22)(H,21,23)/t12-,14-/m0/s1. The quantitative estimate of drug-likeness (QED) is 0.746. The van der Waals surface area contributed by atoms with Crippen LogP contribution in [0, 0.1) is 17.3 Å². The number of amides is 2. The van der Waals surface area contributed by atoms with Crippen molar-refractivity contribution in [3.63, 3.8) is 0 Å². The summed E-state index contributed by atoms with van der Waals surface area (Å²) in [5, 5.41) is 0. The highest BCUT2D eigenvalue weighted by molar-refractivity contribution is 7.91. The van der Waals surface area contributed by atoms with Crippen LogP contribution in [0.2, 0.25) is 0 Å². The van der Waals surface area contributed by atoms with E-state index >= 15 is 0 Å². The number of sulfone groups is 1. The summed E-state index contributed by atoms with van der Waals surface area (Å²) >= 11 is 1.50. The molecule has 2 amide bonds. The third-order valence-corrected chi connectivity index (χ3v) is 8.72. The Kier molecular flexibility index (Phi) is 5.68. The van der Waals surface area contributed by atoms with E-state index in [1.807, 2.05) is 6.07 Å². The van der Waals surface area contributed by atoms with Crippen molar-refractivity contribution in [1.29, 1.82) is 0 Å². The summed E-state index contributed by atoms with van der Waals surface area (Å²) in [5.74, 6) is -0.00367. The van der Waals surface area contributed by atoms with Crippen molar-refractivity contribution >= 4 is 33.0 Å². The minimum absolute atomic E-state index is 0.0565. The van der Waals surface area contributed by atoms with Crippen LogP contribution in [0.5, 0.6) is 0 Å². The number of hydrogen-bond donors (Lipinski definition) is 2. The molecule has 1 fully saturated rings. The summed E-state index contributed by atoms with van der Waals surface area (Å²) in [6, 6.07) is 1.95. The molecule has 1 saturated heterocycles. The van der Waals surface area contributed by atoms with E-state index in [0.717, 1.165) is 19.3 Å². The normalized spacial score (nSPS) is 24.3. The van der Waals surface area contributed by atoms with Gasteiger partial charge in [0.25, 0.3) is 5.91 Å². The Hall–Kier alpha value is -1.41. The molecular formula is C19H28N2O4S2. The van der Waals surface area contributed by atoms with Gasteiger partial charge < -0.3 is 0 Å². The van der Waals surface area contributed by atoms with E-state index in [1.165, 1.54) is 21.8 Å². The maximum Gasteiger partial charge on any atom is 0.279 e. The third kappa shape index (κ3) is 5.10. The van der Waals surface area contributed by atoms with Crippen molar-refractivity contribution < 1.29 is 18.0 Å². The number of hydrazine groups is 1. The molecular weight excluding hydrogens is 384 g/mol. The lowest BCUT2D eigenvalue weighted by molar-refractivity contribution is -0.122. The Bertz CT molecular complexity index is 836. The molecule has 27 heavy (non-hydrogen) atoms. The van der Waals surface area contributed by atoms with Gasteiger partial charge in [-0.25, -0.2) is 8.42 Å². The molecule has 8 heteroatoms. The summed E-state index contributed by atoms with van der Waals surface area (Å²) < 4.78 is 22.9. The van der Waals surface area contributed by atoms with E-state index in [2.05, 4.69) is 31.6 Å². The van der Waals surface area contributed by atoms with Gasteiger partial charge in [-0.2, -0.15) is 0 Å². The molecule has 0 saturated carbocycles. The second-order valence-corrected chi connectivity index (χ2v) is 12.2. The molecule has 150 valence electrons. The van der Waals surface area contributed by atoms with Crippen LogP contribution in [-0.2, 0) is 27.5 Å². The summed E-state index contributed by atoms with van der Waals surface area (Å²) in [5.41, 5.74) is 6.39. The van der Waals surface area contributed by atoms with Gasteiger partial charge in [0, 0.05) is 11.3 Å².